The highest BCUT2D eigenvalue weighted by atomic mass is 16.3. The third-order valence-electron chi connectivity index (χ3n) is 1.30. The molecule has 0 saturated carbocycles. The summed E-state index contributed by atoms with van der Waals surface area (Å²) in [5.74, 6) is -0.262. The zero-order chi connectivity index (χ0) is 8.85. The topological polar surface area (TPSA) is 49.3 Å². The van der Waals surface area contributed by atoms with Crippen molar-refractivity contribution in [3.63, 3.8) is 0 Å². The molecule has 0 bridgehead atoms. The molecule has 0 spiro atoms. The molecule has 0 aliphatic rings. The molecule has 66 valence electrons. The van der Waals surface area contributed by atoms with E-state index in [1.54, 1.807) is 0 Å². The molecule has 2 N–H and O–H groups in total. The summed E-state index contributed by atoms with van der Waals surface area (Å²) in [6.07, 6.45) is 0.535. The van der Waals surface area contributed by atoms with Crippen molar-refractivity contribution in [3.8, 4) is 0 Å². The number of hydrogen-bond donors (Lipinski definition) is 2. The van der Waals surface area contributed by atoms with Crippen molar-refractivity contribution >= 4 is 5.91 Å². The van der Waals surface area contributed by atoms with Gasteiger partial charge < -0.3 is 10.4 Å². The van der Waals surface area contributed by atoms with E-state index in [0.29, 0.717) is 6.42 Å². The van der Waals surface area contributed by atoms with E-state index in [-0.39, 0.29) is 11.9 Å². The first-order valence-electron chi connectivity index (χ1n) is 4.06. The molecule has 0 aromatic rings. The monoisotopic (exact) mass is 159 g/mol. The van der Waals surface area contributed by atoms with Gasteiger partial charge in [0.2, 0.25) is 5.91 Å². The van der Waals surface area contributed by atoms with Crippen LogP contribution in [0.1, 0.15) is 33.6 Å². The minimum atomic E-state index is -0.831. The molecule has 1 atom stereocenters. The SMILES string of the molecule is CCCC(O)C(=O)NC(C)C. The van der Waals surface area contributed by atoms with Crippen LogP contribution in [0.4, 0.5) is 0 Å². The summed E-state index contributed by atoms with van der Waals surface area (Å²) in [5.41, 5.74) is 0. The highest BCUT2D eigenvalue weighted by Crippen LogP contribution is 1.95. The Morgan fingerprint density at radius 1 is 1.55 bits per heavy atom. The van der Waals surface area contributed by atoms with Gasteiger partial charge in [-0.05, 0) is 20.3 Å². The average molecular weight is 159 g/mol. The van der Waals surface area contributed by atoms with Crippen molar-refractivity contribution in [2.75, 3.05) is 0 Å². The fourth-order valence-corrected chi connectivity index (χ4v) is 0.785. The second-order valence-corrected chi connectivity index (χ2v) is 2.97. The van der Waals surface area contributed by atoms with Gasteiger partial charge in [0.05, 0.1) is 0 Å². The summed E-state index contributed by atoms with van der Waals surface area (Å²) in [6, 6.07) is 0.106. The van der Waals surface area contributed by atoms with E-state index in [9.17, 15) is 4.79 Å². The molecule has 0 aliphatic heterocycles. The second kappa shape index (κ2) is 5.13. The Morgan fingerprint density at radius 3 is 2.45 bits per heavy atom. The lowest BCUT2D eigenvalue weighted by Crippen LogP contribution is -2.38. The van der Waals surface area contributed by atoms with Crippen LogP contribution in [0.3, 0.4) is 0 Å². The average Bonchev–Trinajstić information content (AvgIpc) is 1.86. The van der Waals surface area contributed by atoms with Crippen molar-refractivity contribution in [3.05, 3.63) is 0 Å². The predicted molar refractivity (Wildman–Crippen MR) is 44.2 cm³/mol. The van der Waals surface area contributed by atoms with Crippen molar-refractivity contribution in [1.29, 1.82) is 0 Å². The number of nitrogens with one attached hydrogen (secondary N) is 1. The number of carbonyl (C=O) groups is 1. The lowest BCUT2D eigenvalue weighted by molar-refractivity contribution is -0.130. The molecule has 1 amide bonds. The fourth-order valence-electron chi connectivity index (χ4n) is 0.785. The lowest BCUT2D eigenvalue weighted by atomic mass is 10.2. The van der Waals surface area contributed by atoms with Gasteiger partial charge in [0, 0.05) is 6.04 Å². The van der Waals surface area contributed by atoms with E-state index in [0.717, 1.165) is 6.42 Å². The first-order valence-corrected chi connectivity index (χ1v) is 4.06. The molecule has 0 aromatic carbocycles. The zero-order valence-corrected chi connectivity index (χ0v) is 7.42. The van der Waals surface area contributed by atoms with Gasteiger partial charge in [-0.1, -0.05) is 13.3 Å². The predicted octanol–water partition coefficient (Wildman–Crippen LogP) is 0.672. The van der Waals surface area contributed by atoms with Gasteiger partial charge in [-0.25, -0.2) is 0 Å². The van der Waals surface area contributed by atoms with E-state index in [4.69, 9.17) is 5.11 Å². The van der Waals surface area contributed by atoms with Crippen LogP contribution in [0.25, 0.3) is 0 Å². The normalized spacial score (nSPS) is 13.2. The number of rotatable bonds is 4. The van der Waals surface area contributed by atoms with Crippen LogP contribution in [0.5, 0.6) is 0 Å². The van der Waals surface area contributed by atoms with Gasteiger partial charge in [-0.3, -0.25) is 4.79 Å². The molecular formula is C8H17NO2. The largest absolute Gasteiger partial charge is 0.383 e. The number of amides is 1. The maximum atomic E-state index is 11.0. The Balaban J connectivity index is 3.64. The Hall–Kier alpha value is -0.570. The lowest BCUT2D eigenvalue weighted by Gasteiger charge is -2.12. The molecule has 0 saturated heterocycles. The fraction of sp³-hybridized carbons (Fsp3) is 0.875. The quantitative estimate of drug-likeness (QED) is 0.633. The molecule has 0 aliphatic carbocycles. The minimum absolute atomic E-state index is 0.106. The van der Waals surface area contributed by atoms with Crippen molar-refractivity contribution in [1.82, 2.24) is 5.32 Å². The maximum absolute atomic E-state index is 11.0. The Labute approximate surface area is 67.8 Å². The molecule has 11 heavy (non-hydrogen) atoms. The van der Waals surface area contributed by atoms with Gasteiger partial charge in [-0.15, -0.1) is 0 Å². The molecule has 0 radical (unpaired) electrons. The van der Waals surface area contributed by atoms with Crippen LogP contribution in [-0.4, -0.2) is 23.2 Å². The van der Waals surface area contributed by atoms with E-state index in [1.165, 1.54) is 0 Å². The molecule has 3 heteroatoms. The Kier molecular flexibility index (Phi) is 4.86. The Morgan fingerprint density at radius 2 is 2.09 bits per heavy atom. The van der Waals surface area contributed by atoms with Gasteiger partial charge in [0.25, 0.3) is 0 Å². The number of hydrogen-bond acceptors (Lipinski definition) is 2. The minimum Gasteiger partial charge on any atom is -0.383 e. The second-order valence-electron chi connectivity index (χ2n) is 2.97. The number of aliphatic hydroxyl groups is 1. The third kappa shape index (κ3) is 4.79. The highest BCUT2D eigenvalue weighted by Gasteiger charge is 2.13. The molecule has 0 fully saturated rings. The van der Waals surface area contributed by atoms with Crippen LogP contribution in [0.15, 0.2) is 0 Å². The van der Waals surface area contributed by atoms with Crippen LogP contribution in [0, 0.1) is 0 Å². The molecule has 0 aromatic heterocycles. The van der Waals surface area contributed by atoms with E-state index >= 15 is 0 Å². The summed E-state index contributed by atoms with van der Waals surface area (Å²) >= 11 is 0. The number of aliphatic hydroxyl groups excluding tert-OH is 1. The highest BCUT2D eigenvalue weighted by molar-refractivity contribution is 5.80. The summed E-state index contributed by atoms with van der Waals surface area (Å²) in [6.45, 7) is 5.68. The first-order chi connectivity index (χ1) is 5.07. The van der Waals surface area contributed by atoms with Gasteiger partial charge >= 0.3 is 0 Å². The summed E-state index contributed by atoms with van der Waals surface area (Å²) in [5, 5.41) is 11.8. The smallest absolute Gasteiger partial charge is 0.249 e. The third-order valence-corrected chi connectivity index (χ3v) is 1.30. The van der Waals surface area contributed by atoms with Crippen molar-refractivity contribution < 1.29 is 9.90 Å². The molecule has 0 heterocycles. The van der Waals surface area contributed by atoms with E-state index < -0.39 is 6.10 Å². The molecule has 3 nitrogen and oxygen atoms in total. The van der Waals surface area contributed by atoms with E-state index in [1.807, 2.05) is 20.8 Å². The van der Waals surface area contributed by atoms with Crippen LogP contribution < -0.4 is 5.32 Å². The summed E-state index contributed by atoms with van der Waals surface area (Å²) in [4.78, 5) is 11.0. The zero-order valence-electron chi connectivity index (χ0n) is 7.42. The molecular weight excluding hydrogens is 142 g/mol. The van der Waals surface area contributed by atoms with Gasteiger partial charge in [0.15, 0.2) is 0 Å². The van der Waals surface area contributed by atoms with E-state index in [2.05, 4.69) is 5.32 Å². The Bertz CT molecular complexity index is 123. The van der Waals surface area contributed by atoms with Crippen LogP contribution in [0.2, 0.25) is 0 Å². The first kappa shape index (κ1) is 10.4. The summed E-state index contributed by atoms with van der Waals surface area (Å²) in [7, 11) is 0. The van der Waals surface area contributed by atoms with Crippen molar-refractivity contribution in [2.45, 2.75) is 45.8 Å². The molecule has 1 unspecified atom stereocenters. The maximum Gasteiger partial charge on any atom is 0.249 e. The molecule has 0 rings (SSSR count). The van der Waals surface area contributed by atoms with Gasteiger partial charge in [0.1, 0.15) is 6.10 Å². The van der Waals surface area contributed by atoms with Crippen molar-refractivity contribution in [2.24, 2.45) is 0 Å². The van der Waals surface area contributed by atoms with Crippen LogP contribution in [-0.2, 0) is 4.79 Å². The van der Waals surface area contributed by atoms with Gasteiger partial charge in [-0.2, -0.15) is 0 Å². The standard InChI is InChI=1S/C8H17NO2/c1-4-5-7(10)8(11)9-6(2)3/h6-7,10H,4-5H2,1-3H3,(H,9,11). The summed E-state index contributed by atoms with van der Waals surface area (Å²) < 4.78 is 0. The number of carbonyl (C=O) groups excluding carboxylic acids is 1. The van der Waals surface area contributed by atoms with Crippen LogP contribution >= 0.6 is 0 Å².